The Labute approximate surface area is 144 Å². The number of aromatic nitrogens is 3. The van der Waals surface area contributed by atoms with E-state index in [0.29, 0.717) is 23.9 Å². The molecule has 0 fully saturated rings. The first-order valence-corrected chi connectivity index (χ1v) is 8.30. The van der Waals surface area contributed by atoms with Gasteiger partial charge in [0.25, 0.3) is 0 Å². The fourth-order valence-corrected chi connectivity index (χ4v) is 3.06. The van der Waals surface area contributed by atoms with Crippen LogP contribution in [0.2, 0.25) is 0 Å². The number of hydrogen-bond acceptors (Lipinski definition) is 7. The average Bonchev–Trinajstić information content (AvgIpc) is 2.85. The molecule has 0 unspecified atom stereocenters. The number of nitrogens with two attached hydrogens (primary N) is 1. The number of nitrogen functional groups attached to an aromatic ring is 1. The molecule has 2 heterocycles. The summed E-state index contributed by atoms with van der Waals surface area (Å²) in [5, 5.41) is 9.20. The highest BCUT2D eigenvalue weighted by molar-refractivity contribution is 7.99. The lowest BCUT2D eigenvalue weighted by Gasteiger charge is -2.08. The lowest BCUT2D eigenvalue weighted by molar-refractivity contribution is 0.102. The minimum absolute atomic E-state index is 0.00305. The third kappa shape index (κ3) is 3.93. The highest BCUT2D eigenvalue weighted by atomic mass is 32.2. The van der Waals surface area contributed by atoms with Crippen LogP contribution in [0, 0.1) is 25.2 Å². The number of ether oxygens (including phenoxy) is 1. The van der Waals surface area contributed by atoms with E-state index >= 15 is 0 Å². The van der Waals surface area contributed by atoms with Crippen molar-refractivity contribution in [1.29, 1.82) is 5.26 Å². The van der Waals surface area contributed by atoms with Crippen LogP contribution in [0.5, 0.6) is 0 Å². The van der Waals surface area contributed by atoms with Gasteiger partial charge in [0.2, 0.25) is 0 Å². The molecular weight excluding hydrogens is 326 g/mol. The molecule has 8 heteroatoms. The van der Waals surface area contributed by atoms with Crippen LogP contribution in [0.25, 0.3) is 0 Å². The van der Waals surface area contributed by atoms with Crippen molar-refractivity contribution < 1.29 is 9.53 Å². The van der Waals surface area contributed by atoms with E-state index in [9.17, 15) is 4.79 Å². The summed E-state index contributed by atoms with van der Waals surface area (Å²) in [5.41, 5.74) is 8.53. The number of nitrogens with zero attached hydrogens (tertiary/aromatic N) is 4. The largest absolute Gasteiger partial charge is 0.383 e. The number of anilines is 1. The number of aryl methyl sites for hydroxylation is 1. The van der Waals surface area contributed by atoms with Crippen molar-refractivity contribution in [2.24, 2.45) is 0 Å². The SMILES string of the molecule is COCCn1c(C)cc(C(=O)CSc2ncc(C#N)c(N)n2)c1C. The molecule has 2 aromatic rings. The van der Waals surface area contributed by atoms with Crippen LogP contribution >= 0.6 is 11.8 Å². The monoisotopic (exact) mass is 345 g/mol. The zero-order valence-corrected chi connectivity index (χ0v) is 14.7. The quantitative estimate of drug-likeness (QED) is 0.464. The van der Waals surface area contributed by atoms with Crippen molar-refractivity contribution in [3.8, 4) is 6.07 Å². The topological polar surface area (TPSA) is 107 Å². The van der Waals surface area contributed by atoms with Crippen LogP contribution in [-0.2, 0) is 11.3 Å². The summed E-state index contributed by atoms with van der Waals surface area (Å²) >= 11 is 1.20. The number of rotatable bonds is 7. The maximum Gasteiger partial charge on any atom is 0.189 e. The Morgan fingerprint density at radius 1 is 1.50 bits per heavy atom. The van der Waals surface area contributed by atoms with Gasteiger partial charge in [-0.1, -0.05) is 11.8 Å². The summed E-state index contributed by atoms with van der Waals surface area (Å²) in [5.74, 6) is 0.336. The molecule has 0 saturated heterocycles. The number of thioether (sulfide) groups is 1. The second-order valence-electron chi connectivity index (χ2n) is 5.20. The van der Waals surface area contributed by atoms with E-state index in [0.717, 1.165) is 11.4 Å². The molecule has 0 radical (unpaired) electrons. The van der Waals surface area contributed by atoms with E-state index in [4.69, 9.17) is 15.7 Å². The van der Waals surface area contributed by atoms with Gasteiger partial charge in [-0.15, -0.1) is 0 Å². The molecular formula is C16H19N5O2S. The summed E-state index contributed by atoms with van der Waals surface area (Å²) in [6.45, 7) is 5.20. The van der Waals surface area contributed by atoms with E-state index in [-0.39, 0.29) is 22.9 Å². The van der Waals surface area contributed by atoms with Crippen molar-refractivity contribution >= 4 is 23.4 Å². The molecule has 0 aromatic carbocycles. The molecule has 126 valence electrons. The summed E-state index contributed by atoms with van der Waals surface area (Å²) in [6.07, 6.45) is 1.37. The van der Waals surface area contributed by atoms with Gasteiger partial charge < -0.3 is 15.0 Å². The first kappa shape index (κ1) is 18.0. The Kier molecular flexibility index (Phi) is 5.95. The molecule has 0 atom stereocenters. The van der Waals surface area contributed by atoms with E-state index in [1.165, 1.54) is 18.0 Å². The molecule has 7 nitrogen and oxygen atoms in total. The summed E-state index contributed by atoms with van der Waals surface area (Å²) in [7, 11) is 1.65. The Bertz CT molecular complexity index is 794. The zero-order chi connectivity index (χ0) is 17.7. The number of ketones is 1. The Morgan fingerprint density at radius 2 is 2.25 bits per heavy atom. The number of nitriles is 1. The van der Waals surface area contributed by atoms with Gasteiger partial charge in [-0.05, 0) is 19.9 Å². The van der Waals surface area contributed by atoms with Gasteiger partial charge in [-0.25, -0.2) is 9.97 Å². The van der Waals surface area contributed by atoms with Crippen LogP contribution in [0.15, 0.2) is 17.4 Å². The molecule has 2 N–H and O–H groups in total. The number of carbonyl (C=O) groups is 1. The lowest BCUT2D eigenvalue weighted by Crippen LogP contribution is -2.10. The van der Waals surface area contributed by atoms with Crippen molar-refractivity contribution in [3.05, 3.63) is 34.8 Å². The fourth-order valence-electron chi connectivity index (χ4n) is 2.35. The van der Waals surface area contributed by atoms with Crippen molar-refractivity contribution in [3.63, 3.8) is 0 Å². The van der Waals surface area contributed by atoms with Gasteiger partial charge >= 0.3 is 0 Å². The first-order chi connectivity index (χ1) is 11.5. The first-order valence-electron chi connectivity index (χ1n) is 7.32. The summed E-state index contributed by atoms with van der Waals surface area (Å²) < 4.78 is 7.17. The minimum Gasteiger partial charge on any atom is -0.383 e. The molecule has 0 bridgehead atoms. The third-order valence-corrected chi connectivity index (χ3v) is 4.50. The van der Waals surface area contributed by atoms with Crippen molar-refractivity contribution in [2.75, 3.05) is 25.2 Å². The van der Waals surface area contributed by atoms with Gasteiger partial charge in [-0.2, -0.15) is 5.26 Å². The van der Waals surface area contributed by atoms with E-state index in [1.807, 2.05) is 26.0 Å². The number of methoxy groups -OCH3 is 1. The van der Waals surface area contributed by atoms with Crippen LogP contribution in [0.1, 0.15) is 27.3 Å². The smallest absolute Gasteiger partial charge is 0.189 e. The van der Waals surface area contributed by atoms with Crippen LogP contribution in [0.3, 0.4) is 0 Å². The molecule has 0 aliphatic carbocycles. The molecule has 0 aliphatic heterocycles. The number of Topliss-reactive ketones (excluding diaryl/α,β-unsaturated/α-hetero) is 1. The molecule has 24 heavy (non-hydrogen) atoms. The Morgan fingerprint density at radius 3 is 2.88 bits per heavy atom. The molecule has 0 saturated carbocycles. The van der Waals surface area contributed by atoms with Crippen molar-refractivity contribution in [2.45, 2.75) is 25.5 Å². The van der Waals surface area contributed by atoms with E-state index in [1.54, 1.807) is 7.11 Å². The van der Waals surface area contributed by atoms with E-state index in [2.05, 4.69) is 14.5 Å². The number of carbonyl (C=O) groups excluding carboxylic acids is 1. The average molecular weight is 345 g/mol. The second-order valence-corrected chi connectivity index (χ2v) is 6.15. The number of hydrogen-bond donors (Lipinski definition) is 1. The van der Waals surface area contributed by atoms with Gasteiger partial charge in [-0.3, -0.25) is 4.79 Å². The zero-order valence-electron chi connectivity index (χ0n) is 13.9. The minimum atomic E-state index is 0.00305. The van der Waals surface area contributed by atoms with Gasteiger partial charge in [0.05, 0.1) is 18.6 Å². The van der Waals surface area contributed by atoms with E-state index < -0.39 is 0 Å². The molecule has 0 aliphatic rings. The maximum absolute atomic E-state index is 12.5. The molecule has 0 spiro atoms. The predicted octanol–water partition coefficient (Wildman–Crippen LogP) is 1.97. The molecule has 0 amide bonds. The van der Waals surface area contributed by atoms with Crippen molar-refractivity contribution in [1.82, 2.24) is 14.5 Å². The highest BCUT2D eigenvalue weighted by Gasteiger charge is 2.16. The third-order valence-electron chi connectivity index (χ3n) is 3.64. The fraction of sp³-hybridized carbons (Fsp3) is 0.375. The van der Waals surface area contributed by atoms with Gasteiger partial charge in [0.15, 0.2) is 10.9 Å². The van der Waals surface area contributed by atoms with Crippen LogP contribution < -0.4 is 5.73 Å². The lowest BCUT2D eigenvalue weighted by atomic mass is 10.2. The summed E-state index contributed by atoms with van der Waals surface area (Å²) in [4.78, 5) is 20.5. The second kappa shape index (κ2) is 7.95. The highest BCUT2D eigenvalue weighted by Crippen LogP contribution is 2.21. The van der Waals surface area contributed by atoms with Crippen LogP contribution in [0.4, 0.5) is 5.82 Å². The normalized spacial score (nSPS) is 10.6. The predicted molar refractivity (Wildman–Crippen MR) is 92.0 cm³/mol. The standard InChI is InChI=1S/C16H19N5O2S/c1-10-6-13(11(2)21(10)4-5-23-3)14(22)9-24-16-19-8-12(7-17)15(18)20-16/h6,8H,4-5,9H2,1-3H3,(H2,18,19,20). The van der Waals surface area contributed by atoms with Gasteiger partial charge in [0, 0.05) is 30.6 Å². The molecule has 2 aromatic heterocycles. The summed E-state index contributed by atoms with van der Waals surface area (Å²) in [6, 6.07) is 3.80. The van der Waals surface area contributed by atoms with Crippen LogP contribution in [-0.4, -0.2) is 39.8 Å². The Hall–Kier alpha value is -2.37. The Balaban J connectivity index is 2.08. The maximum atomic E-state index is 12.5. The van der Waals surface area contributed by atoms with Gasteiger partial charge in [0.1, 0.15) is 17.5 Å². The molecule has 2 rings (SSSR count).